The summed E-state index contributed by atoms with van der Waals surface area (Å²) in [6.45, 7) is 1.51. The Balaban J connectivity index is 2.63. The molecular formula is C17H15ClF2O3S. The summed E-state index contributed by atoms with van der Waals surface area (Å²) >= 11 is 5.77. The van der Waals surface area contributed by atoms with Gasteiger partial charge in [-0.1, -0.05) is 18.5 Å². The minimum atomic E-state index is -4.06. The lowest BCUT2D eigenvalue weighted by Gasteiger charge is -2.24. The predicted molar refractivity (Wildman–Crippen MR) is 87.6 cm³/mol. The highest BCUT2D eigenvalue weighted by atomic mass is 35.5. The molecule has 0 radical (unpaired) electrons. The fourth-order valence-corrected chi connectivity index (χ4v) is 4.73. The van der Waals surface area contributed by atoms with Gasteiger partial charge in [0.15, 0.2) is 9.84 Å². The fraction of sp³-hybridized carbons (Fsp3) is 0.235. The van der Waals surface area contributed by atoms with Crippen molar-refractivity contribution < 1.29 is 22.0 Å². The third-order valence-corrected chi connectivity index (χ3v) is 6.29. The molecule has 0 amide bonds. The van der Waals surface area contributed by atoms with Crippen molar-refractivity contribution in [3.05, 3.63) is 64.7 Å². The molecule has 0 aliphatic heterocycles. The molecule has 0 heterocycles. The van der Waals surface area contributed by atoms with Gasteiger partial charge in [-0.2, -0.15) is 0 Å². The summed E-state index contributed by atoms with van der Waals surface area (Å²) in [5, 5.41) is -1.04. The molecule has 2 aromatic rings. The van der Waals surface area contributed by atoms with E-state index in [2.05, 4.69) is 0 Å². The zero-order valence-corrected chi connectivity index (χ0v) is 14.3. The van der Waals surface area contributed by atoms with Crippen LogP contribution in [0.3, 0.4) is 0 Å². The molecule has 3 nitrogen and oxygen atoms in total. The first-order valence-corrected chi connectivity index (χ1v) is 9.08. The predicted octanol–water partition coefficient (Wildman–Crippen LogP) is 4.36. The lowest BCUT2D eigenvalue weighted by atomic mass is 9.97. The maximum Gasteiger partial charge on any atom is 0.185 e. The summed E-state index contributed by atoms with van der Waals surface area (Å²) in [6.07, 6.45) is 0.458. The molecule has 0 saturated carbocycles. The molecule has 2 unspecified atom stereocenters. The van der Waals surface area contributed by atoms with Crippen LogP contribution < -0.4 is 0 Å². The molecule has 2 rings (SSSR count). The molecule has 0 fully saturated rings. The first kappa shape index (κ1) is 18.5. The number of carbonyl (C=O) groups is 1. The Morgan fingerprint density at radius 1 is 1.12 bits per heavy atom. The summed E-state index contributed by atoms with van der Waals surface area (Å²) in [6, 6.07) is 8.05. The molecule has 0 aliphatic rings. The minimum absolute atomic E-state index is 0.0710. The van der Waals surface area contributed by atoms with Gasteiger partial charge >= 0.3 is 0 Å². The highest BCUT2D eigenvalue weighted by Crippen LogP contribution is 2.38. The molecule has 128 valence electrons. The van der Waals surface area contributed by atoms with Gasteiger partial charge in [0.05, 0.1) is 10.1 Å². The Labute approximate surface area is 144 Å². The van der Waals surface area contributed by atoms with Gasteiger partial charge in [-0.25, -0.2) is 17.2 Å². The lowest BCUT2D eigenvalue weighted by Crippen LogP contribution is -2.22. The normalized spacial score (nSPS) is 14.2. The van der Waals surface area contributed by atoms with Gasteiger partial charge < -0.3 is 4.79 Å². The molecule has 2 atom stereocenters. The van der Waals surface area contributed by atoms with Crippen LogP contribution in [-0.4, -0.2) is 14.7 Å². The van der Waals surface area contributed by atoms with E-state index in [-0.39, 0.29) is 16.9 Å². The Hall–Kier alpha value is -1.79. The van der Waals surface area contributed by atoms with E-state index in [1.54, 1.807) is 0 Å². The standard InChI is InChI=1S/C17H15ClF2O3S/c1-11(8-9-21)17(15-10-13(19)4-7-16(15)20)24(22,23)14-5-2-12(18)3-6-14/h2-7,9-11,17H,8H2,1H3. The van der Waals surface area contributed by atoms with Gasteiger partial charge in [-0.05, 0) is 48.4 Å². The third-order valence-electron chi connectivity index (χ3n) is 3.73. The van der Waals surface area contributed by atoms with Gasteiger partial charge in [0.1, 0.15) is 17.9 Å². The summed E-state index contributed by atoms with van der Waals surface area (Å²) in [7, 11) is -4.06. The molecule has 24 heavy (non-hydrogen) atoms. The number of sulfone groups is 1. The molecule has 0 aliphatic carbocycles. The van der Waals surface area contributed by atoms with Crippen molar-refractivity contribution in [3.63, 3.8) is 0 Å². The van der Waals surface area contributed by atoms with E-state index in [1.165, 1.54) is 31.2 Å². The quantitative estimate of drug-likeness (QED) is 0.708. The van der Waals surface area contributed by atoms with Crippen LogP contribution in [0.1, 0.15) is 24.2 Å². The fourth-order valence-electron chi connectivity index (χ4n) is 2.56. The first-order chi connectivity index (χ1) is 11.3. The number of benzene rings is 2. The number of carbonyl (C=O) groups excluding carboxylic acids is 1. The highest BCUT2D eigenvalue weighted by molar-refractivity contribution is 7.91. The van der Waals surface area contributed by atoms with E-state index in [1.807, 2.05) is 0 Å². The van der Waals surface area contributed by atoms with E-state index >= 15 is 0 Å². The minimum Gasteiger partial charge on any atom is -0.303 e. The molecule has 7 heteroatoms. The smallest absolute Gasteiger partial charge is 0.185 e. The van der Waals surface area contributed by atoms with Crippen LogP contribution in [0.5, 0.6) is 0 Å². The zero-order chi connectivity index (χ0) is 17.9. The number of aldehydes is 1. The van der Waals surface area contributed by atoms with Crippen molar-refractivity contribution in [1.82, 2.24) is 0 Å². The molecule has 0 N–H and O–H groups in total. The van der Waals surface area contributed by atoms with Crippen LogP contribution in [0.25, 0.3) is 0 Å². The Morgan fingerprint density at radius 3 is 2.33 bits per heavy atom. The monoisotopic (exact) mass is 372 g/mol. The van der Waals surface area contributed by atoms with Crippen LogP contribution in [0.4, 0.5) is 8.78 Å². The number of hydrogen-bond donors (Lipinski definition) is 0. The Kier molecular flexibility index (Phi) is 5.72. The molecule has 0 aromatic heterocycles. The summed E-state index contributed by atoms with van der Waals surface area (Å²) < 4.78 is 53.7. The van der Waals surface area contributed by atoms with Crippen molar-refractivity contribution in [1.29, 1.82) is 0 Å². The van der Waals surface area contributed by atoms with E-state index in [4.69, 9.17) is 11.6 Å². The maximum absolute atomic E-state index is 14.2. The maximum atomic E-state index is 14.2. The molecule has 0 spiro atoms. The summed E-state index contributed by atoms with van der Waals surface area (Å²) in [5.74, 6) is -2.32. The van der Waals surface area contributed by atoms with E-state index in [0.717, 1.165) is 18.2 Å². The number of rotatable bonds is 6. The third kappa shape index (κ3) is 3.82. The van der Waals surface area contributed by atoms with Crippen LogP contribution >= 0.6 is 11.6 Å². The second-order valence-electron chi connectivity index (χ2n) is 5.47. The van der Waals surface area contributed by atoms with Crippen molar-refractivity contribution in [3.8, 4) is 0 Å². The van der Waals surface area contributed by atoms with Crippen molar-refractivity contribution in [2.45, 2.75) is 23.5 Å². The van der Waals surface area contributed by atoms with Crippen LogP contribution in [-0.2, 0) is 14.6 Å². The average molecular weight is 373 g/mol. The van der Waals surface area contributed by atoms with Gasteiger partial charge in [-0.15, -0.1) is 0 Å². The molecule has 2 aromatic carbocycles. The topological polar surface area (TPSA) is 51.2 Å². The first-order valence-electron chi connectivity index (χ1n) is 7.15. The van der Waals surface area contributed by atoms with Crippen molar-refractivity contribution >= 4 is 27.7 Å². The second kappa shape index (κ2) is 7.40. The van der Waals surface area contributed by atoms with Gasteiger partial charge in [0.2, 0.25) is 0 Å². The molecule has 0 saturated heterocycles. The zero-order valence-electron chi connectivity index (χ0n) is 12.7. The largest absolute Gasteiger partial charge is 0.303 e. The van der Waals surface area contributed by atoms with Crippen LogP contribution in [0.15, 0.2) is 47.4 Å². The van der Waals surface area contributed by atoms with Gasteiger partial charge in [0, 0.05) is 17.0 Å². The van der Waals surface area contributed by atoms with Gasteiger partial charge in [0.25, 0.3) is 0 Å². The number of halogens is 3. The Morgan fingerprint density at radius 2 is 1.75 bits per heavy atom. The molecule has 0 bridgehead atoms. The number of hydrogen-bond acceptors (Lipinski definition) is 3. The van der Waals surface area contributed by atoms with Crippen LogP contribution in [0, 0.1) is 17.6 Å². The highest BCUT2D eigenvalue weighted by Gasteiger charge is 2.35. The lowest BCUT2D eigenvalue weighted by molar-refractivity contribution is -0.108. The summed E-state index contributed by atoms with van der Waals surface area (Å²) in [5.41, 5.74) is -0.292. The SMILES string of the molecule is CC(CC=O)C(c1cc(F)ccc1F)S(=O)(=O)c1ccc(Cl)cc1. The Bertz CT molecular complexity index is 835. The van der Waals surface area contributed by atoms with Crippen molar-refractivity contribution in [2.24, 2.45) is 5.92 Å². The van der Waals surface area contributed by atoms with Crippen LogP contribution in [0.2, 0.25) is 5.02 Å². The van der Waals surface area contributed by atoms with Crippen molar-refractivity contribution in [2.75, 3.05) is 0 Å². The molecular weight excluding hydrogens is 358 g/mol. The van der Waals surface area contributed by atoms with E-state index < -0.39 is 32.6 Å². The average Bonchev–Trinajstić information content (AvgIpc) is 2.51. The van der Waals surface area contributed by atoms with E-state index in [9.17, 15) is 22.0 Å². The summed E-state index contributed by atoms with van der Waals surface area (Å²) in [4.78, 5) is 10.8. The van der Waals surface area contributed by atoms with Gasteiger partial charge in [-0.3, -0.25) is 0 Å². The van der Waals surface area contributed by atoms with E-state index in [0.29, 0.717) is 11.3 Å². The second-order valence-corrected chi connectivity index (χ2v) is 7.97.